The van der Waals surface area contributed by atoms with Crippen LogP contribution < -0.4 is 5.32 Å². The van der Waals surface area contributed by atoms with Crippen LogP contribution in [-0.4, -0.2) is 31.1 Å². The second kappa shape index (κ2) is 6.05. The van der Waals surface area contributed by atoms with Gasteiger partial charge in [-0.2, -0.15) is 5.10 Å². The van der Waals surface area contributed by atoms with Crippen LogP contribution in [0.1, 0.15) is 18.4 Å². The van der Waals surface area contributed by atoms with Crippen molar-refractivity contribution in [1.82, 2.24) is 29.9 Å². The summed E-state index contributed by atoms with van der Waals surface area (Å²) in [7, 11) is 1.96. The van der Waals surface area contributed by atoms with E-state index in [0.29, 0.717) is 0 Å². The van der Waals surface area contributed by atoms with Gasteiger partial charge < -0.3 is 9.88 Å². The number of aryl methyl sites for hydroxylation is 2. The van der Waals surface area contributed by atoms with Gasteiger partial charge in [-0.25, -0.2) is 0 Å². The zero-order valence-corrected chi connectivity index (χ0v) is 12.5. The lowest BCUT2D eigenvalue weighted by Crippen LogP contribution is -2.18. The van der Waals surface area contributed by atoms with Gasteiger partial charge in [-0.1, -0.05) is 18.2 Å². The molecule has 1 aromatic carbocycles. The molecule has 6 heteroatoms. The molecular formula is C15H20N6. The van der Waals surface area contributed by atoms with Crippen molar-refractivity contribution in [2.45, 2.75) is 26.4 Å². The molecule has 0 amide bonds. The predicted octanol–water partition coefficient (Wildman–Crippen LogP) is 1.52. The molecule has 0 radical (unpaired) electrons. The standard InChI is InChI=1S/C15H20N6/c1-3-21-14-7-5-4-6-12(14)13(19-21)10-16-9-8-15-18-17-11-20(15)2/h4-7,11,16H,3,8-10H2,1-2H3. The maximum atomic E-state index is 4.68. The Balaban J connectivity index is 1.64. The van der Waals surface area contributed by atoms with E-state index in [4.69, 9.17) is 0 Å². The minimum absolute atomic E-state index is 0.769. The van der Waals surface area contributed by atoms with E-state index in [1.54, 1.807) is 6.33 Å². The van der Waals surface area contributed by atoms with Gasteiger partial charge in [-0.05, 0) is 13.0 Å². The van der Waals surface area contributed by atoms with Gasteiger partial charge in [0.15, 0.2) is 0 Å². The monoisotopic (exact) mass is 284 g/mol. The van der Waals surface area contributed by atoms with Crippen molar-refractivity contribution in [2.24, 2.45) is 7.05 Å². The van der Waals surface area contributed by atoms with Crippen LogP contribution in [0.15, 0.2) is 30.6 Å². The minimum atomic E-state index is 0.769. The number of fused-ring (bicyclic) bond motifs is 1. The van der Waals surface area contributed by atoms with E-state index < -0.39 is 0 Å². The first kappa shape index (κ1) is 13.8. The average molecular weight is 284 g/mol. The molecule has 0 aliphatic carbocycles. The van der Waals surface area contributed by atoms with Crippen molar-refractivity contribution >= 4 is 10.9 Å². The van der Waals surface area contributed by atoms with Gasteiger partial charge in [-0.15, -0.1) is 10.2 Å². The lowest BCUT2D eigenvalue weighted by atomic mass is 10.2. The molecule has 21 heavy (non-hydrogen) atoms. The largest absolute Gasteiger partial charge is 0.321 e. The summed E-state index contributed by atoms with van der Waals surface area (Å²) in [6, 6.07) is 8.37. The highest BCUT2D eigenvalue weighted by Crippen LogP contribution is 2.18. The zero-order chi connectivity index (χ0) is 14.7. The number of para-hydroxylation sites is 1. The lowest BCUT2D eigenvalue weighted by molar-refractivity contribution is 0.619. The summed E-state index contributed by atoms with van der Waals surface area (Å²) in [5.74, 6) is 0.992. The molecule has 3 rings (SSSR count). The number of hydrogen-bond acceptors (Lipinski definition) is 4. The zero-order valence-electron chi connectivity index (χ0n) is 12.5. The number of benzene rings is 1. The summed E-state index contributed by atoms with van der Waals surface area (Å²) < 4.78 is 4.00. The number of aromatic nitrogens is 5. The summed E-state index contributed by atoms with van der Waals surface area (Å²) in [5.41, 5.74) is 2.30. The first-order valence-electron chi connectivity index (χ1n) is 7.27. The minimum Gasteiger partial charge on any atom is -0.321 e. The SMILES string of the molecule is CCn1nc(CNCCc2nncn2C)c2ccccc21. The van der Waals surface area contributed by atoms with Gasteiger partial charge in [-0.3, -0.25) is 4.68 Å². The van der Waals surface area contributed by atoms with Crippen LogP contribution in [0.2, 0.25) is 0 Å². The van der Waals surface area contributed by atoms with Gasteiger partial charge in [0.1, 0.15) is 12.2 Å². The van der Waals surface area contributed by atoms with Crippen LogP contribution in [0.3, 0.4) is 0 Å². The molecule has 6 nitrogen and oxygen atoms in total. The maximum Gasteiger partial charge on any atom is 0.133 e. The third-order valence-electron chi connectivity index (χ3n) is 3.66. The predicted molar refractivity (Wildman–Crippen MR) is 81.8 cm³/mol. The van der Waals surface area contributed by atoms with Crippen LogP contribution in [0.25, 0.3) is 10.9 Å². The van der Waals surface area contributed by atoms with Gasteiger partial charge in [0.25, 0.3) is 0 Å². The Hall–Kier alpha value is -2.21. The number of nitrogens with one attached hydrogen (secondary N) is 1. The molecule has 1 N–H and O–H groups in total. The van der Waals surface area contributed by atoms with Gasteiger partial charge in [0.05, 0.1) is 11.2 Å². The second-order valence-electron chi connectivity index (χ2n) is 5.06. The summed E-state index contributed by atoms with van der Waals surface area (Å²) in [5, 5.41) is 17.3. The summed E-state index contributed by atoms with van der Waals surface area (Å²) in [4.78, 5) is 0. The van der Waals surface area contributed by atoms with Crippen molar-refractivity contribution in [3.63, 3.8) is 0 Å². The highest BCUT2D eigenvalue weighted by atomic mass is 15.3. The first-order chi connectivity index (χ1) is 10.3. The molecule has 0 unspecified atom stereocenters. The van der Waals surface area contributed by atoms with Crippen molar-refractivity contribution in [3.8, 4) is 0 Å². The fourth-order valence-electron chi connectivity index (χ4n) is 2.51. The molecule has 0 aliphatic rings. The molecule has 2 aromatic heterocycles. The molecule has 0 bridgehead atoms. The first-order valence-corrected chi connectivity index (χ1v) is 7.27. The number of nitrogens with zero attached hydrogens (tertiary/aromatic N) is 5. The maximum absolute atomic E-state index is 4.68. The fourth-order valence-corrected chi connectivity index (χ4v) is 2.51. The van der Waals surface area contributed by atoms with E-state index >= 15 is 0 Å². The summed E-state index contributed by atoms with van der Waals surface area (Å²) in [6.07, 6.45) is 2.59. The van der Waals surface area contributed by atoms with Crippen molar-refractivity contribution in [2.75, 3.05) is 6.54 Å². The van der Waals surface area contributed by atoms with E-state index in [0.717, 1.165) is 37.6 Å². The molecule has 0 saturated carbocycles. The van der Waals surface area contributed by atoms with E-state index in [-0.39, 0.29) is 0 Å². The molecule has 0 saturated heterocycles. The lowest BCUT2D eigenvalue weighted by Gasteiger charge is -2.03. The third kappa shape index (κ3) is 2.80. The van der Waals surface area contributed by atoms with Gasteiger partial charge in [0.2, 0.25) is 0 Å². The molecule has 110 valence electrons. The molecule has 0 spiro atoms. The quantitative estimate of drug-likeness (QED) is 0.697. The Morgan fingerprint density at radius 2 is 2.10 bits per heavy atom. The molecule has 0 atom stereocenters. The van der Waals surface area contributed by atoms with Crippen LogP contribution in [0.5, 0.6) is 0 Å². The Bertz CT molecular complexity index is 727. The topological polar surface area (TPSA) is 60.6 Å². The van der Waals surface area contributed by atoms with Crippen LogP contribution >= 0.6 is 0 Å². The number of rotatable bonds is 6. The summed E-state index contributed by atoms with van der Waals surface area (Å²) >= 11 is 0. The normalized spacial score (nSPS) is 11.3. The Morgan fingerprint density at radius 1 is 1.24 bits per heavy atom. The smallest absolute Gasteiger partial charge is 0.133 e. The van der Waals surface area contributed by atoms with E-state index in [1.807, 2.05) is 11.6 Å². The average Bonchev–Trinajstić information content (AvgIpc) is 3.08. The van der Waals surface area contributed by atoms with E-state index in [1.165, 1.54) is 10.9 Å². The van der Waals surface area contributed by atoms with Crippen molar-refractivity contribution in [1.29, 1.82) is 0 Å². The fraction of sp³-hybridized carbons (Fsp3) is 0.400. The van der Waals surface area contributed by atoms with Gasteiger partial charge in [0, 0.05) is 38.5 Å². The molecule has 2 heterocycles. The van der Waals surface area contributed by atoms with Crippen LogP contribution in [0, 0.1) is 0 Å². The molecular weight excluding hydrogens is 264 g/mol. The Morgan fingerprint density at radius 3 is 2.86 bits per heavy atom. The summed E-state index contributed by atoms with van der Waals surface area (Å²) in [6.45, 7) is 4.63. The van der Waals surface area contributed by atoms with Gasteiger partial charge >= 0.3 is 0 Å². The van der Waals surface area contributed by atoms with E-state index in [9.17, 15) is 0 Å². The highest BCUT2D eigenvalue weighted by Gasteiger charge is 2.08. The molecule has 0 fully saturated rings. The second-order valence-corrected chi connectivity index (χ2v) is 5.06. The van der Waals surface area contributed by atoms with Crippen molar-refractivity contribution in [3.05, 3.63) is 42.1 Å². The molecule has 3 aromatic rings. The Labute approximate surface area is 123 Å². The van der Waals surface area contributed by atoms with Crippen LogP contribution in [0.4, 0.5) is 0 Å². The highest BCUT2D eigenvalue weighted by molar-refractivity contribution is 5.81. The third-order valence-corrected chi connectivity index (χ3v) is 3.66. The van der Waals surface area contributed by atoms with E-state index in [2.05, 4.69) is 56.5 Å². The van der Waals surface area contributed by atoms with Crippen LogP contribution in [-0.2, 0) is 26.6 Å². The Kier molecular flexibility index (Phi) is 3.96. The number of hydrogen-bond donors (Lipinski definition) is 1. The van der Waals surface area contributed by atoms with Crippen molar-refractivity contribution < 1.29 is 0 Å². The molecule has 0 aliphatic heterocycles.